The number of carbonyl (C=O) groups is 1. The molecule has 1 fully saturated rings. The Balaban J connectivity index is 1.85. The van der Waals surface area contributed by atoms with Crippen molar-refractivity contribution in [3.63, 3.8) is 0 Å². The summed E-state index contributed by atoms with van der Waals surface area (Å²) in [6.07, 6.45) is -3.70. The molecule has 2 aliphatic heterocycles. The highest BCUT2D eigenvalue weighted by molar-refractivity contribution is 7.99. The van der Waals surface area contributed by atoms with Crippen molar-refractivity contribution in [2.24, 2.45) is 0 Å². The second-order valence-electron chi connectivity index (χ2n) is 10.3. The van der Waals surface area contributed by atoms with Gasteiger partial charge in [-0.1, -0.05) is 29.8 Å². The molecule has 3 heterocycles. The molecule has 1 aromatic heterocycles. The van der Waals surface area contributed by atoms with Gasteiger partial charge < -0.3 is 14.5 Å². The maximum atomic E-state index is 15.3. The standard InChI is InChI=1S/C28H26Cl2F4N4O3S/c1-5-22(39)37-13(2)9-36(10-14(37)3)26-17-6-18(28(32,33)34)23(16-7-19(29)20(30)8-21(16)31)25-24(17)38(27(40)35-26)15(11-41-4)12-42-25/h5-8,13-15H,1,9-12H2,2-4H3. The molecule has 5 rings (SSSR count). The second-order valence-corrected chi connectivity index (χ2v) is 12.2. The first kappa shape index (κ1) is 30.7. The minimum absolute atomic E-state index is 0.0576. The first-order valence-corrected chi connectivity index (χ1v) is 14.7. The summed E-state index contributed by atoms with van der Waals surface area (Å²) in [5.74, 6) is -1.02. The van der Waals surface area contributed by atoms with Crippen LogP contribution in [0.25, 0.3) is 22.0 Å². The molecule has 3 aromatic rings. The molecule has 0 aliphatic carbocycles. The predicted octanol–water partition coefficient (Wildman–Crippen LogP) is 6.43. The highest BCUT2D eigenvalue weighted by atomic mass is 35.5. The molecule has 2 aliphatic rings. The van der Waals surface area contributed by atoms with E-state index in [4.69, 9.17) is 27.9 Å². The van der Waals surface area contributed by atoms with Crippen LogP contribution in [0.15, 0.2) is 40.5 Å². The van der Waals surface area contributed by atoms with Gasteiger partial charge in [0.05, 0.1) is 33.8 Å². The minimum Gasteiger partial charge on any atom is -0.383 e. The van der Waals surface area contributed by atoms with E-state index in [1.54, 1.807) is 23.6 Å². The highest BCUT2D eigenvalue weighted by Gasteiger charge is 2.41. The van der Waals surface area contributed by atoms with Gasteiger partial charge in [-0.05, 0) is 38.1 Å². The van der Waals surface area contributed by atoms with Crippen LogP contribution in [0.4, 0.5) is 23.4 Å². The lowest BCUT2D eigenvalue weighted by Crippen LogP contribution is -2.58. The molecule has 0 radical (unpaired) electrons. The fourth-order valence-electron chi connectivity index (χ4n) is 5.89. The van der Waals surface area contributed by atoms with Crippen LogP contribution in [-0.2, 0) is 15.7 Å². The van der Waals surface area contributed by atoms with Crippen LogP contribution in [0.5, 0.6) is 0 Å². The summed E-state index contributed by atoms with van der Waals surface area (Å²) in [6, 6.07) is 1.61. The van der Waals surface area contributed by atoms with E-state index in [2.05, 4.69) is 11.6 Å². The van der Waals surface area contributed by atoms with Crippen molar-refractivity contribution in [1.29, 1.82) is 0 Å². The minimum atomic E-state index is -4.91. The normalized spacial score (nSPS) is 20.7. The fourth-order valence-corrected chi connectivity index (χ4v) is 7.52. The third-order valence-electron chi connectivity index (χ3n) is 7.52. The van der Waals surface area contributed by atoms with Crippen LogP contribution in [0.2, 0.25) is 10.0 Å². The van der Waals surface area contributed by atoms with Gasteiger partial charge in [0.2, 0.25) is 5.91 Å². The van der Waals surface area contributed by atoms with Crippen LogP contribution in [-0.4, -0.2) is 65.0 Å². The molecular formula is C28H26Cl2F4N4O3S. The number of carbonyl (C=O) groups excluding carboxylic acids is 1. The van der Waals surface area contributed by atoms with Crippen molar-refractivity contribution in [2.45, 2.75) is 43.0 Å². The highest BCUT2D eigenvalue weighted by Crippen LogP contribution is 2.51. The van der Waals surface area contributed by atoms with Gasteiger partial charge in [0, 0.05) is 59.4 Å². The maximum Gasteiger partial charge on any atom is 0.417 e. The topological polar surface area (TPSA) is 67.7 Å². The van der Waals surface area contributed by atoms with Crippen LogP contribution in [0, 0.1) is 5.82 Å². The summed E-state index contributed by atoms with van der Waals surface area (Å²) in [7, 11) is 1.46. The average molecular weight is 646 g/mol. The number of amides is 1. The summed E-state index contributed by atoms with van der Waals surface area (Å²) in [5.41, 5.74) is -2.40. The largest absolute Gasteiger partial charge is 0.417 e. The van der Waals surface area contributed by atoms with Crippen molar-refractivity contribution in [1.82, 2.24) is 14.5 Å². The number of ether oxygens (including phenoxy) is 1. The number of nitrogens with zero attached hydrogens (tertiary/aromatic N) is 4. The number of benzene rings is 2. The van der Waals surface area contributed by atoms with E-state index >= 15 is 4.39 Å². The number of hydrogen-bond donors (Lipinski definition) is 0. The molecule has 3 unspecified atom stereocenters. The van der Waals surface area contributed by atoms with Gasteiger partial charge in [-0.25, -0.2) is 9.18 Å². The van der Waals surface area contributed by atoms with Gasteiger partial charge in [-0.15, -0.1) is 11.8 Å². The molecule has 0 bridgehead atoms. The molecule has 1 saturated heterocycles. The Bertz CT molecular complexity index is 1650. The average Bonchev–Trinajstić information content (AvgIpc) is 2.91. The third kappa shape index (κ3) is 5.16. The Kier molecular flexibility index (Phi) is 8.29. The van der Waals surface area contributed by atoms with Crippen LogP contribution in [0.1, 0.15) is 25.5 Å². The lowest BCUT2D eigenvalue weighted by atomic mass is 9.95. The number of methoxy groups -OCH3 is 1. The van der Waals surface area contributed by atoms with Gasteiger partial charge in [0.1, 0.15) is 11.6 Å². The number of rotatable bonds is 5. The Hall–Kier alpha value is -2.80. The summed E-state index contributed by atoms with van der Waals surface area (Å²) in [4.78, 5) is 33.8. The lowest BCUT2D eigenvalue weighted by Gasteiger charge is -2.45. The van der Waals surface area contributed by atoms with Crippen LogP contribution in [0.3, 0.4) is 0 Å². The zero-order valence-corrected chi connectivity index (χ0v) is 25.1. The number of anilines is 1. The molecule has 0 N–H and O–H groups in total. The van der Waals surface area contributed by atoms with Crippen LogP contribution < -0.4 is 10.6 Å². The lowest BCUT2D eigenvalue weighted by molar-refractivity contribution is -0.137. The van der Waals surface area contributed by atoms with E-state index in [9.17, 15) is 22.8 Å². The van der Waals surface area contributed by atoms with Crippen LogP contribution >= 0.6 is 35.0 Å². The molecule has 1 amide bonds. The van der Waals surface area contributed by atoms with Crippen molar-refractivity contribution in [3.05, 3.63) is 62.8 Å². The van der Waals surface area contributed by atoms with Crippen molar-refractivity contribution in [3.8, 4) is 11.1 Å². The van der Waals surface area contributed by atoms with Gasteiger partial charge >= 0.3 is 11.9 Å². The molecule has 42 heavy (non-hydrogen) atoms. The zero-order valence-electron chi connectivity index (χ0n) is 22.8. The van der Waals surface area contributed by atoms with Crippen molar-refractivity contribution in [2.75, 3.05) is 37.5 Å². The van der Waals surface area contributed by atoms with Gasteiger partial charge in [-0.3, -0.25) is 9.36 Å². The number of aromatic nitrogens is 2. The first-order valence-electron chi connectivity index (χ1n) is 12.9. The Morgan fingerprint density at radius 1 is 1.19 bits per heavy atom. The fraction of sp³-hybridized carbons (Fsp3) is 0.393. The summed E-state index contributed by atoms with van der Waals surface area (Å²) in [5, 5.41) is -0.180. The third-order valence-corrected chi connectivity index (χ3v) is 9.48. The van der Waals surface area contributed by atoms with Crippen molar-refractivity contribution < 1.29 is 27.1 Å². The zero-order chi connectivity index (χ0) is 30.7. The first-order chi connectivity index (χ1) is 19.8. The van der Waals surface area contributed by atoms with E-state index in [0.717, 1.165) is 30.0 Å². The van der Waals surface area contributed by atoms with E-state index in [1.165, 1.54) is 17.8 Å². The number of piperazine rings is 1. The Labute approximate surface area is 253 Å². The smallest absolute Gasteiger partial charge is 0.383 e. The number of thioether (sulfide) groups is 1. The summed E-state index contributed by atoms with van der Waals surface area (Å²) < 4.78 is 66.3. The Morgan fingerprint density at radius 2 is 1.83 bits per heavy atom. The van der Waals surface area contributed by atoms with E-state index in [1.807, 2.05) is 0 Å². The molecule has 3 atom stereocenters. The quantitative estimate of drug-likeness (QED) is 0.181. The summed E-state index contributed by atoms with van der Waals surface area (Å²) >= 11 is 13.2. The monoisotopic (exact) mass is 644 g/mol. The molecule has 14 heteroatoms. The molecular weight excluding hydrogens is 619 g/mol. The van der Waals surface area contributed by atoms with Gasteiger partial charge in [0.25, 0.3) is 0 Å². The molecule has 0 saturated carbocycles. The molecule has 0 spiro atoms. The molecule has 7 nitrogen and oxygen atoms in total. The predicted molar refractivity (Wildman–Crippen MR) is 156 cm³/mol. The second kappa shape index (κ2) is 11.4. The van der Waals surface area contributed by atoms with E-state index in [-0.39, 0.29) is 80.7 Å². The number of hydrogen-bond acceptors (Lipinski definition) is 6. The van der Waals surface area contributed by atoms with Gasteiger partial charge in [0.15, 0.2) is 0 Å². The maximum absolute atomic E-state index is 15.3. The Morgan fingerprint density at radius 3 is 2.43 bits per heavy atom. The van der Waals surface area contributed by atoms with Crippen molar-refractivity contribution >= 4 is 57.6 Å². The number of alkyl halides is 3. The molecule has 2 aromatic carbocycles. The summed E-state index contributed by atoms with van der Waals surface area (Å²) in [6.45, 7) is 7.69. The van der Waals surface area contributed by atoms with E-state index in [0.29, 0.717) is 0 Å². The van der Waals surface area contributed by atoms with Gasteiger partial charge in [-0.2, -0.15) is 18.2 Å². The SMILES string of the molecule is C=CC(=O)N1C(C)CN(c2nc(=O)n3c4c(c(-c5cc(Cl)c(Cl)cc5F)c(C(F)(F)F)cc24)SCC3COC)CC1C. The molecule has 224 valence electrons. The van der Waals surface area contributed by atoms with E-state index < -0.39 is 34.9 Å². The number of halogens is 6.